The maximum atomic E-state index is 6.16. The number of hydrogen-bond acceptors (Lipinski definition) is 2. The third kappa shape index (κ3) is 13.1. The zero-order chi connectivity index (χ0) is 24.8. The molecule has 0 fully saturated rings. The molecule has 0 aliphatic carbocycles. The number of rotatable bonds is 22. The lowest BCUT2D eigenvalue weighted by Crippen LogP contribution is -1.99. The van der Waals surface area contributed by atoms with Crippen LogP contribution in [0.3, 0.4) is 0 Å². The number of para-hydroxylation sites is 2. The van der Waals surface area contributed by atoms with Crippen molar-refractivity contribution in [2.24, 2.45) is 0 Å². The van der Waals surface area contributed by atoms with Crippen molar-refractivity contribution in [1.29, 1.82) is 0 Å². The first-order valence-electron chi connectivity index (χ1n) is 14.7. The largest absolute Gasteiger partial charge is 0.496 e. The van der Waals surface area contributed by atoms with Crippen LogP contribution in [0.5, 0.6) is 11.5 Å². The van der Waals surface area contributed by atoms with Crippen molar-refractivity contribution in [2.75, 3.05) is 13.7 Å². The van der Waals surface area contributed by atoms with E-state index in [1.54, 1.807) is 7.11 Å². The van der Waals surface area contributed by atoms with Crippen LogP contribution < -0.4 is 9.47 Å². The predicted molar refractivity (Wildman–Crippen MR) is 153 cm³/mol. The van der Waals surface area contributed by atoms with Crippen LogP contribution in [0.25, 0.3) is 11.1 Å². The van der Waals surface area contributed by atoms with Crippen molar-refractivity contribution < 1.29 is 9.47 Å². The second kappa shape index (κ2) is 20.3. The molecule has 2 aromatic rings. The van der Waals surface area contributed by atoms with E-state index in [2.05, 4.69) is 31.2 Å². The Labute approximate surface area is 216 Å². The van der Waals surface area contributed by atoms with Crippen LogP contribution in [-0.2, 0) is 0 Å². The van der Waals surface area contributed by atoms with Crippen LogP contribution in [0, 0.1) is 0 Å². The Kier molecular flexibility index (Phi) is 16.9. The van der Waals surface area contributed by atoms with Gasteiger partial charge in [0.25, 0.3) is 0 Å². The van der Waals surface area contributed by atoms with Crippen molar-refractivity contribution in [3.63, 3.8) is 0 Å². The molecule has 196 valence electrons. The Morgan fingerprint density at radius 2 is 0.829 bits per heavy atom. The Morgan fingerprint density at radius 3 is 1.29 bits per heavy atom. The van der Waals surface area contributed by atoms with E-state index in [0.717, 1.165) is 35.7 Å². The fourth-order valence-corrected chi connectivity index (χ4v) is 4.87. The number of ether oxygens (including phenoxy) is 2. The molecule has 2 nitrogen and oxygen atoms in total. The van der Waals surface area contributed by atoms with Gasteiger partial charge in [-0.2, -0.15) is 0 Å². The Balaban J connectivity index is 1.42. The highest BCUT2D eigenvalue weighted by atomic mass is 16.5. The Morgan fingerprint density at radius 1 is 0.457 bits per heavy atom. The SMILES string of the molecule is CCCCCCCCCCCCCCCCCCCCOc1ccccc1-c1ccccc1OC. The smallest absolute Gasteiger partial charge is 0.127 e. The maximum absolute atomic E-state index is 6.16. The summed E-state index contributed by atoms with van der Waals surface area (Å²) in [6.45, 7) is 3.08. The molecule has 0 aliphatic rings. The molecule has 0 heterocycles. The molecule has 0 radical (unpaired) electrons. The minimum atomic E-state index is 0.783. The summed E-state index contributed by atoms with van der Waals surface area (Å²) < 4.78 is 11.7. The summed E-state index contributed by atoms with van der Waals surface area (Å²) in [6, 6.07) is 16.4. The summed E-state index contributed by atoms with van der Waals surface area (Å²) in [5.74, 6) is 1.83. The van der Waals surface area contributed by atoms with Gasteiger partial charge in [-0.3, -0.25) is 0 Å². The highest BCUT2D eigenvalue weighted by molar-refractivity contribution is 5.75. The lowest BCUT2D eigenvalue weighted by Gasteiger charge is -2.14. The summed E-state index contributed by atoms with van der Waals surface area (Å²) in [6.07, 6.45) is 25.2. The van der Waals surface area contributed by atoms with Crippen LogP contribution >= 0.6 is 0 Å². The molecule has 0 amide bonds. The average molecular weight is 481 g/mol. The predicted octanol–water partition coefficient (Wildman–Crippen LogP) is 10.8. The van der Waals surface area contributed by atoms with Crippen LogP contribution in [0.1, 0.15) is 122 Å². The van der Waals surface area contributed by atoms with E-state index in [9.17, 15) is 0 Å². The molecule has 0 saturated carbocycles. The van der Waals surface area contributed by atoms with E-state index in [1.807, 2.05) is 24.3 Å². The minimum absolute atomic E-state index is 0.783. The van der Waals surface area contributed by atoms with Crippen molar-refractivity contribution in [3.8, 4) is 22.6 Å². The third-order valence-corrected chi connectivity index (χ3v) is 7.04. The Hall–Kier alpha value is -1.96. The van der Waals surface area contributed by atoms with Crippen molar-refractivity contribution in [2.45, 2.75) is 122 Å². The molecule has 0 bridgehead atoms. The normalized spacial score (nSPS) is 11.0. The molecule has 0 saturated heterocycles. The van der Waals surface area contributed by atoms with Gasteiger partial charge >= 0.3 is 0 Å². The Bertz CT molecular complexity index is 754. The second-order valence-corrected chi connectivity index (χ2v) is 10.1. The highest BCUT2D eigenvalue weighted by Gasteiger charge is 2.10. The second-order valence-electron chi connectivity index (χ2n) is 10.1. The van der Waals surface area contributed by atoms with E-state index in [4.69, 9.17) is 9.47 Å². The molecule has 2 aromatic carbocycles. The van der Waals surface area contributed by atoms with Gasteiger partial charge in [0, 0.05) is 11.1 Å². The van der Waals surface area contributed by atoms with Gasteiger partial charge in [-0.1, -0.05) is 152 Å². The average Bonchev–Trinajstić information content (AvgIpc) is 2.90. The van der Waals surface area contributed by atoms with Crippen molar-refractivity contribution >= 4 is 0 Å². The van der Waals surface area contributed by atoms with E-state index >= 15 is 0 Å². The summed E-state index contributed by atoms with van der Waals surface area (Å²) in [4.78, 5) is 0. The van der Waals surface area contributed by atoms with E-state index in [-0.39, 0.29) is 0 Å². The quantitative estimate of drug-likeness (QED) is 0.156. The highest BCUT2D eigenvalue weighted by Crippen LogP contribution is 2.36. The van der Waals surface area contributed by atoms with Crippen molar-refractivity contribution in [1.82, 2.24) is 0 Å². The van der Waals surface area contributed by atoms with Gasteiger partial charge in [0.15, 0.2) is 0 Å². The zero-order valence-corrected chi connectivity index (χ0v) is 22.9. The molecule has 2 rings (SSSR count). The van der Waals surface area contributed by atoms with E-state index in [0.29, 0.717) is 0 Å². The molecule has 0 aliphatic heterocycles. The van der Waals surface area contributed by atoms with Crippen LogP contribution in [0.4, 0.5) is 0 Å². The van der Waals surface area contributed by atoms with Crippen LogP contribution in [0.15, 0.2) is 48.5 Å². The summed E-state index contributed by atoms with van der Waals surface area (Å²) >= 11 is 0. The fourth-order valence-electron chi connectivity index (χ4n) is 4.87. The van der Waals surface area contributed by atoms with Crippen LogP contribution in [-0.4, -0.2) is 13.7 Å². The molecule has 2 heteroatoms. The van der Waals surface area contributed by atoms with Gasteiger partial charge in [0.1, 0.15) is 11.5 Å². The number of methoxy groups -OCH3 is 1. The number of unbranched alkanes of at least 4 members (excludes halogenated alkanes) is 17. The first-order chi connectivity index (χ1) is 17.4. The van der Waals surface area contributed by atoms with E-state index in [1.165, 1.54) is 109 Å². The number of hydrogen-bond donors (Lipinski definition) is 0. The fraction of sp³-hybridized carbons (Fsp3) is 0.636. The summed E-state index contributed by atoms with van der Waals surface area (Å²) in [5.41, 5.74) is 2.19. The molecule has 0 aromatic heterocycles. The molecule has 0 N–H and O–H groups in total. The van der Waals surface area contributed by atoms with Gasteiger partial charge in [-0.25, -0.2) is 0 Å². The third-order valence-electron chi connectivity index (χ3n) is 7.04. The number of benzene rings is 2. The lowest BCUT2D eigenvalue weighted by molar-refractivity contribution is 0.305. The lowest BCUT2D eigenvalue weighted by atomic mass is 10.0. The van der Waals surface area contributed by atoms with Gasteiger partial charge in [-0.05, 0) is 18.6 Å². The summed E-state index contributed by atoms with van der Waals surface area (Å²) in [7, 11) is 1.72. The van der Waals surface area contributed by atoms with Crippen LogP contribution in [0.2, 0.25) is 0 Å². The first-order valence-corrected chi connectivity index (χ1v) is 14.7. The standard InChI is InChI=1S/C33H52O2/c1-3-4-5-6-7-8-9-10-11-12-13-14-15-16-17-18-19-24-29-35-33-28-23-21-26-31(33)30-25-20-22-27-32(30)34-2/h20-23,25-28H,3-19,24,29H2,1-2H3. The van der Waals surface area contributed by atoms with Gasteiger partial charge < -0.3 is 9.47 Å². The topological polar surface area (TPSA) is 18.5 Å². The monoisotopic (exact) mass is 480 g/mol. The molecule has 0 spiro atoms. The first kappa shape index (κ1) is 29.3. The van der Waals surface area contributed by atoms with Crippen molar-refractivity contribution in [3.05, 3.63) is 48.5 Å². The van der Waals surface area contributed by atoms with Gasteiger partial charge in [0.05, 0.1) is 13.7 Å². The molecular weight excluding hydrogens is 428 g/mol. The summed E-state index contributed by atoms with van der Waals surface area (Å²) in [5, 5.41) is 0. The van der Waals surface area contributed by atoms with Gasteiger partial charge in [0.2, 0.25) is 0 Å². The molecule has 35 heavy (non-hydrogen) atoms. The molecule has 0 unspecified atom stereocenters. The maximum Gasteiger partial charge on any atom is 0.127 e. The zero-order valence-electron chi connectivity index (χ0n) is 22.9. The molecule has 0 atom stereocenters. The van der Waals surface area contributed by atoms with Gasteiger partial charge in [-0.15, -0.1) is 0 Å². The molecular formula is C33H52O2. The minimum Gasteiger partial charge on any atom is -0.496 e. The van der Waals surface area contributed by atoms with E-state index < -0.39 is 0 Å².